The quantitative estimate of drug-likeness (QED) is 0.416. The van der Waals surface area contributed by atoms with Crippen molar-refractivity contribution >= 4 is 23.4 Å². The van der Waals surface area contributed by atoms with Gasteiger partial charge in [0.15, 0.2) is 0 Å². The third kappa shape index (κ3) is 4.68. The zero-order valence-corrected chi connectivity index (χ0v) is 14.2. The van der Waals surface area contributed by atoms with Crippen LogP contribution in [0.2, 0.25) is 0 Å². The van der Waals surface area contributed by atoms with Crippen LogP contribution in [0, 0.1) is 0 Å². The molecule has 0 atom stereocenters. The van der Waals surface area contributed by atoms with Gasteiger partial charge < -0.3 is 5.73 Å². The molecule has 0 spiro atoms. The van der Waals surface area contributed by atoms with E-state index in [-0.39, 0.29) is 5.91 Å². The van der Waals surface area contributed by atoms with Crippen LogP contribution in [0.4, 0.5) is 5.69 Å². The number of anilines is 1. The highest BCUT2D eigenvalue weighted by atomic mass is 16.2. The van der Waals surface area contributed by atoms with E-state index in [2.05, 4.69) is 10.5 Å². The molecule has 0 aliphatic carbocycles. The van der Waals surface area contributed by atoms with Crippen LogP contribution in [-0.4, -0.2) is 11.6 Å². The average molecular weight is 341 g/mol. The molecule has 4 nitrogen and oxygen atoms in total. The molecule has 3 N–H and O–H groups in total. The molecule has 0 heterocycles. The maximum absolute atomic E-state index is 12.3. The molecule has 0 aliphatic heterocycles. The van der Waals surface area contributed by atoms with Crippen molar-refractivity contribution in [1.29, 1.82) is 0 Å². The fourth-order valence-electron chi connectivity index (χ4n) is 2.36. The summed E-state index contributed by atoms with van der Waals surface area (Å²) in [5, 5.41) is 4.31. The zero-order chi connectivity index (χ0) is 18.2. The first-order valence-corrected chi connectivity index (χ1v) is 8.24. The largest absolute Gasteiger partial charge is 0.399 e. The Bertz CT molecular complexity index is 915. The minimum absolute atomic E-state index is 0.286. The van der Waals surface area contributed by atoms with Gasteiger partial charge in [-0.3, -0.25) is 4.79 Å². The maximum atomic E-state index is 12.3. The molecular formula is C22H19N3O. The zero-order valence-electron chi connectivity index (χ0n) is 14.2. The van der Waals surface area contributed by atoms with Crippen LogP contribution in [0.15, 0.2) is 96.1 Å². The Morgan fingerprint density at radius 3 is 2.08 bits per heavy atom. The van der Waals surface area contributed by atoms with E-state index in [1.165, 1.54) is 0 Å². The van der Waals surface area contributed by atoms with Crippen LogP contribution in [-0.2, 0) is 0 Å². The predicted molar refractivity (Wildman–Crippen MR) is 107 cm³/mol. The van der Waals surface area contributed by atoms with Gasteiger partial charge in [0.2, 0.25) is 0 Å². The predicted octanol–water partition coefficient (Wildman–Crippen LogP) is 4.12. The van der Waals surface area contributed by atoms with Crippen LogP contribution in [0.5, 0.6) is 0 Å². The maximum Gasteiger partial charge on any atom is 0.271 e. The minimum Gasteiger partial charge on any atom is -0.399 e. The van der Waals surface area contributed by atoms with E-state index in [1.807, 2.05) is 72.8 Å². The number of hydrogen-bond acceptors (Lipinski definition) is 3. The number of nitrogens with one attached hydrogen (secondary N) is 1. The third-order valence-corrected chi connectivity index (χ3v) is 3.75. The van der Waals surface area contributed by atoms with Gasteiger partial charge >= 0.3 is 0 Å². The molecule has 26 heavy (non-hydrogen) atoms. The van der Waals surface area contributed by atoms with Crippen molar-refractivity contribution < 1.29 is 4.79 Å². The van der Waals surface area contributed by atoms with E-state index in [0.717, 1.165) is 11.1 Å². The van der Waals surface area contributed by atoms with E-state index in [0.29, 0.717) is 17.0 Å². The second-order valence-corrected chi connectivity index (χ2v) is 5.67. The lowest BCUT2D eigenvalue weighted by atomic mass is 10.1. The van der Waals surface area contributed by atoms with Crippen LogP contribution in [0.1, 0.15) is 21.5 Å². The van der Waals surface area contributed by atoms with Crippen molar-refractivity contribution in [2.24, 2.45) is 5.10 Å². The monoisotopic (exact) mass is 341 g/mol. The number of benzene rings is 3. The Morgan fingerprint density at radius 2 is 1.42 bits per heavy atom. The molecule has 3 rings (SSSR count). The van der Waals surface area contributed by atoms with E-state index < -0.39 is 0 Å². The molecule has 128 valence electrons. The lowest BCUT2D eigenvalue weighted by Gasteiger charge is -2.04. The van der Waals surface area contributed by atoms with Crippen molar-refractivity contribution in [3.63, 3.8) is 0 Å². The van der Waals surface area contributed by atoms with E-state index in [9.17, 15) is 4.79 Å². The molecule has 0 aliphatic rings. The normalized spacial score (nSPS) is 11.5. The summed E-state index contributed by atoms with van der Waals surface area (Å²) in [5.74, 6) is -0.286. The van der Waals surface area contributed by atoms with Gasteiger partial charge in [-0.2, -0.15) is 5.10 Å². The van der Waals surface area contributed by atoms with Gasteiger partial charge in [0.25, 0.3) is 5.91 Å². The summed E-state index contributed by atoms with van der Waals surface area (Å²) in [7, 11) is 0. The van der Waals surface area contributed by atoms with Crippen molar-refractivity contribution in [3.8, 4) is 0 Å². The van der Waals surface area contributed by atoms with Gasteiger partial charge in [0.05, 0.1) is 5.71 Å². The highest BCUT2D eigenvalue weighted by Crippen LogP contribution is 2.08. The van der Waals surface area contributed by atoms with E-state index >= 15 is 0 Å². The van der Waals surface area contributed by atoms with Crippen molar-refractivity contribution in [2.45, 2.75) is 0 Å². The molecule has 0 fully saturated rings. The second-order valence-electron chi connectivity index (χ2n) is 5.67. The highest BCUT2D eigenvalue weighted by Gasteiger charge is 2.05. The van der Waals surface area contributed by atoms with E-state index in [1.54, 1.807) is 24.3 Å². The standard InChI is InChI=1S/C22H19N3O/c23-20-14-12-19(13-15-20)22(26)25-24-21(18-9-5-2-6-10-18)16-11-17-7-3-1-4-8-17/h1-16H,23H2,(H,25,26)/b16-11-,24-21?. The summed E-state index contributed by atoms with van der Waals surface area (Å²) >= 11 is 0. The summed E-state index contributed by atoms with van der Waals surface area (Å²) in [5.41, 5.74) is 12.0. The molecule has 0 saturated heterocycles. The molecule has 0 aromatic heterocycles. The summed E-state index contributed by atoms with van der Waals surface area (Å²) in [6, 6.07) is 26.3. The number of allylic oxidation sites excluding steroid dienone is 1. The van der Waals surface area contributed by atoms with Gasteiger partial charge in [0.1, 0.15) is 0 Å². The minimum atomic E-state index is -0.286. The van der Waals surface area contributed by atoms with Gasteiger partial charge in [-0.25, -0.2) is 5.43 Å². The molecule has 3 aromatic carbocycles. The van der Waals surface area contributed by atoms with Gasteiger partial charge in [0, 0.05) is 16.8 Å². The summed E-state index contributed by atoms with van der Waals surface area (Å²) < 4.78 is 0. The smallest absolute Gasteiger partial charge is 0.271 e. The van der Waals surface area contributed by atoms with Crippen molar-refractivity contribution in [3.05, 3.63) is 108 Å². The number of hydrazone groups is 1. The molecule has 0 unspecified atom stereocenters. The fourth-order valence-corrected chi connectivity index (χ4v) is 2.36. The third-order valence-electron chi connectivity index (χ3n) is 3.75. The Kier molecular flexibility index (Phi) is 5.58. The topological polar surface area (TPSA) is 67.5 Å². The highest BCUT2D eigenvalue weighted by molar-refractivity contribution is 6.11. The SMILES string of the molecule is Nc1ccc(C(=O)NN=C(/C=C\c2ccccc2)c2ccccc2)cc1. The van der Waals surface area contributed by atoms with Crippen LogP contribution in [0.25, 0.3) is 6.08 Å². The first-order valence-electron chi connectivity index (χ1n) is 8.24. The fraction of sp³-hybridized carbons (Fsp3) is 0. The molecular weight excluding hydrogens is 322 g/mol. The molecule has 3 aromatic rings. The Hall–Kier alpha value is -3.66. The van der Waals surface area contributed by atoms with Crippen LogP contribution in [0.3, 0.4) is 0 Å². The number of nitrogens with zero attached hydrogens (tertiary/aromatic N) is 1. The Morgan fingerprint density at radius 1 is 0.808 bits per heavy atom. The van der Waals surface area contributed by atoms with Gasteiger partial charge in [-0.1, -0.05) is 66.7 Å². The number of nitrogen functional groups attached to an aromatic ring is 1. The summed E-state index contributed by atoms with van der Waals surface area (Å²) in [4.78, 5) is 12.3. The lowest BCUT2D eigenvalue weighted by Crippen LogP contribution is -2.19. The van der Waals surface area contributed by atoms with Crippen molar-refractivity contribution in [1.82, 2.24) is 5.43 Å². The van der Waals surface area contributed by atoms with Crippen LogP contribution < -0.4 is 11.2 Å². The number of rotatable bonds is 5. The first-order chi connectivity index (χ1) is 12.7. The first kappa shape index (κ1) is 17.2. The van der Waals surface area contributed by atoms with Crippen LogP contribution >= 0.6 is 0 Å². The average Bonchev–Trinajstić information content (AvgIpc) is 2.70. The summed E-state index contributed by atoms with van der Waals surface area (Å²) in [6.45, 7) is 0. The van der Waals surface area contributed by atoms with Crippen molar-refractivity contribution in [2.75, 3.05) is 5.73 Å². The number of hydrogen-bond donors (Lipinski definition) is 2. The molecule has 0 saturated carbocycles. The number of nitrogens with two attached hydrogens (primary N) is 1. The summed E-state index contributed by atoms with van der Waals surface area (Å²) in [6.07, 6.45) is 3.84. The molecule has 0 radical (unpaired) electrons. The second kappa shape index (κ2) is 8.44. The lowest BCUT2D eigenvalue weighted by molar-refractivity contribution is 0.0955. The Balaban J connectivity index is 1.83. The number of carbonyl (C=O) groups is 1. The van der Waals surface area contributed by atoms with Gasteiger partial charge in [-0.05, 0) is 35.9 Å². The van der Waals surface area contributed by atoms with E-state index in [4.69, 9.17) is 5.73 Å². The molecule has 4 heteroatoms. The number of amides is 1. The number of carbonyl (C=O) groups excluding carboxylic acids is 1. The van der Waals surface area contributed by atoms with Gasteiger partial charge in [-0.15, -0.1) is 0 Å². The molecule has 0 bridgehead atoms. The molecule has 1 amide bonds. The Labute approximate surface area is 152 Å².